The number of amides is 2. The summed E-state index contributed by atoms with van der Waals surface area (Å²) in [4.78, 5) is 42.4. The summed E-state index contributed by atoms with van der Waals surface area (Å²) in [6.45, 7) is 1.64. The lowest BCUT2D eigenvalue weighted by molar-refractivity contribution is -0.118. The Hall–Kier alpha value is -4.38. The van der Waals surface area contributed by atoms with E-state index in [1.807, 2.05) is 6.07 Å². The van der Waals surface area contributed by atoms with Crippen molar-refractivity contribution in [2.45, 2.75) is 25.5 Å². The van der Waals surface area contributed by atoms with Crippen molar-refractivity contribution in [1.82, 2.24) is 10.3 Å². The molecule has 0 aliphatic carbocycles. The summed E-state index contributed by atoms with van der Waals surface area (Å²) >= 11 is 0. The number of carbonyl (C=O) groups excluding carboxylic acids is 3. The fourth-order valence-electron chi connectivity index (χ4n) is 4.60. The zero-order valence-electron chi connectivity index (χ0n) is 21.1. The van der Waals surface area contributed by atoms with Crippen molar-refractivity contribution in [1.29, 1.82) is 0 Å². The Balaban J connectivity index is 1.16. The Morgan fingerprint density at radius 1 is 1.18 bits per heavy atom. The zero-order chi connectivity index (χ0) is 26.6. The quantitative estimate of drug-likeness (QED) is 0.323. The maximum atomic E-state index is 12.5. The number of nitrogens with one attached hydrogen (secondary N) is 2. The maximum Gasteiger partial charge on any atom is 0.414 e. The number of nitrogens with zero attached hydrogens (tertiary/aromatic N) is 2. The number of aromatic nitrogens is 1. The van der Waals surface area contributed by atoms with E-state index in [4.69, 9.17) is 18.9 Å². The molecule has 0 unspecified atom stereocenters. The summed E-state index contributed by atoms with van der Waals surface area (Å²) in [6.07, 6.45) is 0.823. The van der Waals surface area contributed by atoms with E-state index in [-0.39, 0.29) is 18.6 Å². The van der Waals surface area contributed by atoms with E-state index in [1.165, 1.54) is 7.11 Å². The lowest BCUT2D eigenvalue weighted by atomic mass is 10.0. The number of cyclic esters (lactones) is 1. The molecule has 2 N–H and O–H groups in total. The summed E-state index contributed by atoms with van der Waals surface area (Å²) in [7, 11) is 2.90. The van der Waals surface area contributed by atoms with Gasteiger partial charge in [-0.2, -0.15) is 0 Å². The lowest BCUT2D eigenvalue weighted by Gasteiger charge is -2.20. The van der Waals surface area contributed by atoms with Gasteiger partial charge in [-0.1, -0.05) is 6.07 Å². The molecule has 0 radical (unpaired) electrons. The fraction of sp³-hybridized carbons (Fsp3) is 0.333. The Labute approximate surface area is 219 Å². The highest BCUT2D eigenvalue weighted by atomic mass is 16.6. The number of benzene rings is 2. The first-order valence-electron chi connectivity index (χ1n) is 12.3. The first-order valence-corrected chi connectivity index (χ1v) is 12.3. The van der Waals surface area contributed by atoms with Crippen molar-refractivity contribution < 1.29 is 33.3 Å². The standard InChI is InChI=1S/C27H28N4O7/c1-35-24-10-8-19-20(26(33)36-2)7-5-16(25(19)30-24)13-28-11-3-4-18-14-31(27(34)38-18)17-6-9-22-21(12-17)29-23(32)15-37-22/h5-10,12,18,28H,3-4,11,13-15H2,1-2H3,(H,29,32)/t18-/m0/s1. The van der Waals surface area contributed by atoms with Gasteiger partial charge in [0.15, 0.2) is 6.61 Å². The van der Waals surface area contributed by atoms with Gasteiger partial charge in [-0.3, -0.25) is 9.69 Å². The third-order valence-corrected chi connectivity index (χ3v) is 6.51. The van der Waals surface area contributed by atoms with Crippen LogP contribution in [-0.2, 0) is 20.8 Å². The number of rotatable bonds is 9. The number of anilines is 2. The predicted octanol–water partition coefficient (Wildman–Crippen LogP) is 3.26. The highest BCUT2D eigenvalue weighted by molar-refractivity contribution is 6.04. The summed E-state index contributed by atoms with van der Waals surface area (Å²) in [6, 6.07) is 12.4. The molecule has 1 fully saturated rings. The van der Waals surface area contributed by atoms with Crippen LogP contribution in [0.15, 0.2) is 42.5 Å². The van der Waals surface area contributed by atoms with Gasteiger partial charge in [0.25, 0.3) is 5.91 Å². The smallest absolute Gasteiger partial charge is 0.414 e. The minimum absolute atomic E-state index is 0.0199. The highest BCUT2D eigenvalue weighted by Gasteiger charge is 2.32. The number of ether oxygens (including phenoxy) is 4. The molecule has 2 aliphatic rings. The minimum Gasteiger partial charge on any atom is -0.482 e. The largest absolute Gasteiger partial charge is 0.482 e. The number of hydrogen-bond acceptors (Lipinski definition) is 9. The summed E-state index contributed by atoms with van der Waals surface area (Å²) < 4.78 is 21.1. The summed E-state index contributed by atoms with van der Waals surface area (Å²) in [5.74, 6) is 0.383. The van der Waals surface area contributed by atoms with Gasteiger partial charge >= 0.3 is 12.1 Å². The summed E-state index contributed by atoms with van der Waals surface area (Å²) in [5.41, 5.74) is 3.23. The van der Waals surface area contributed by atoms with Crippen LogP contribution in [0.25, 0.3) is 10.9 Å². The third-order valence-electron chi connectivity index (χ3n) is 6.51. The second-order valence-electron chi connectivity index (χ2n) is 8.97. The van der Waals surface area contributed by atoms with Crippen LogP contribution in [-0.4, -0.2) is 63.0 Å². The molecule has 2 aromatic carbocycles. The third kappa shape index (κ3) is 5.18. The highest BCUT2D eigenvalue weighted by Crippen LogP contribution is 2.34. The number of fused-ring (bicyclic) bond motifs is 2. The van der Waals surface area contributed by atoms with E-state index in [1.54, 1.807) is 48.4 Å². The predicted molar refractivity (Wildman–Crippen MR) is 139 cm³/mol. The van der Waals surface area contributed by atoms with E-state index in [0.29, 0.717) is 65.5 Å². The van der Waals surface area contributed by atoms with E-state index in [0.717, 1.165) is 12.0 Å². The van der Waals surface area contributed by atoms with Crippen LogP contribution >= 0.6 is 0 Å². The van der Waals surface area contributed by atoms with Gasteiger partial charge in [-0.15, -0.1) is 0 Å². The van der Waals surface area contributed by atoms with Gasteiger partial charge < -0.3 is 29.6 Å². The average molecular weight is 521 g/mol. The van der Waals surface area contributed by atoms with Crippen LogP contribution in [0.4, 0.5) is 16.2 Å². The number of methoxy groups -OCH3 is 2. The van der Waals surface area contributed by atoms with Gasteiger partial charge in [-0.05, 0) is 55.3 Å². The van der Waals surface area contributed by atoms with Crippen molar-refractivity contribution in [2.24, 2.45) is 0 Å². The first kappa shape index (κ1) is 25.3. The van der Waals surface area contributed by atoms with Crippen molar-refractivity contribution >= 4 is 40.2 Å². The monoisotopic (exact) mass is 520 g/mol. The van der Waals surface area contributed by atoms with Crippen LogP contribution in [0, 0.1) is 0 Å². The molecule has 1 saturated heterocycles. The van der Waals surface area contributed by atoms with Gasteiger partial charge in [-0.25, -0.2) is 14.6 Å². The first-order chi connectivity index (χ1) is 18.5. The van der Waals surface area contributed by atoms with E-state index >= 15 is 0 Å². The number of carbonyl (C=O) groups is 3. The van der Waals surface area contributed by atoms with Gasteiger partial charge in [0.2, 0.25) is 5.88 Å². The fourth-order valence-corrected chi connectivity index (χ4v) is 4.60. The molecule has 11 nitrogen and oxygen atoms in total. The molecule has 198 valence electrons. The van der Waals surface area contributed by atoms with Crippen molar-refractivity contribution in [3.05, 3.63) is 53.6 Å². The molecule has 1 aromatic heterocycles. The molecule has 3 heterocycles. The molecular formula is C27H28N4O7. The van der Waals surface area contributed by atoms with Gasteiger partial charge in [0.05, 0.1) is 37.5 Å². The van der Waals surface area contributed by atoms with E-state index in [2.05, 4.69) is 15.6 Å². The van der Waals surface area contributed by atoms with Crippen molar-refractivity contribution in [3.63, 3.8) is 0 Å². The number of esters is 1. The van der Waals surface area contributed by atoms with Crippen molar-refractivity contribution in [2.75, 3.05) is 44.1 Å². The van der Waals surface area contributed by atoms with Crippen LogP contribution in [0.3, 0.4) is 0 Å². The number of hydrogen-bond donors (Lipinski definition) is 2. The maximum absolute atomic E-state index is 12.5. The van der Waals surface area contributed by atoms with Gasteiger partial charge in [0.1, 0.15) is 11.9 Å². The Morgan fingerprint density at radius 2 is 2.05 bits per heavy atom. The second kappa shape index (κ2) is 10.9. The molecule has 3 aromatic rings. The van der Waals surface area contributed by atoms with E-state index < -0.39 is 12.1 Å². The SMILES string of the molecule is COC(=O)c1ccc(CNCCC[C@H]2CN(c3ccc4c(c3)NC(=O)CO4)C(=O)O2)c2nc(OC)ccc12. The second-order valence-corrected chi connectivity index (χ2v) is 8.97. The van der Waals surface area contributed by atoms with Crippen LogP contribution in [0.2, 0.25) is 0 Å². The molecule has 0 bridgehead atoms. The molecule has 0 saturated carbocycles. The molecule has 2 amide bonds. The number of pyridine rings is 1. The molecular weight excluding hydrogens is 492 g/mol. The zero-order valence-corrected chi connectivity index (χ0v) is 21.1. The lowest BCUT2D eigenvalue weighted by Crippen LogP contribution is -2.27. The average Bonchev–Trinajstić information content (AvgIpc) is 3.31. The van der Waals surface area contributed by atoms with Crippen LogP contribution < -0.4 is 25.0 Å². The molecule has 2 aliphatic heterocycles. The Kier molecular flexibility index (Phi) is 7.27. The minimum atomic E-state index is -0.421. The summed E-state index contributed by atoms with van der Waals surface area (Å²) in [5, 5.41) is 6.86. The molecule has 1 atom stereocenters. The molecule has 5 rings (SSSR count). The molecule has 38 heavy (non-hydrogen) atoms. The Bertz CT molecular complexity index is 1390. The normalized spacial score (nSPS) is 16.5. The van der Waals surface area contributed by atoms with Crippen LogP contribution in [0.1, 0.15) is 28.8 Å². The Morgan fingerprint density at radius 3 is 2.87 bits per heavy atom. The van der Waals surface area contributed by atoms with Gasteiger partial charge in [0, 0.05) is 23.7 Å². The topological polar surface area (TPSA) is 128 Å². The molecule has 0 spiro atoms. The van der Waals surface area contributed by atoms with E-state index in [9.17, 15) is 14.4 Å². The van der Waals surface area contributed by atoms with Crippen molar-refractivity contribution in [3.8, 4) is 11.6 Å². The van der Waals surface area contributed by atoms with Crippen LogP contribution in [0.5, 0.6) is 11.6 Å². The molecule has 11 heteroatoms.